The van der Waals surface area contributed by atoms with Crippen LogP contribution in [0.5, 0.6) is 0 Å². The molecule has 4 nitrogen and oxygen atoms in total. The van der Waals surface area contributed by atoms with Crippen molar-refractivity contribution < 1.29 is 14.3 Å². The standard InChI is InChI=1S/C27H23FN2O2/c28-21-8-4-7-20(16-21)27(32)30-14-13-22-25(17-31)29-24-12-11-19(15-23(24)26(22)30)10-9-18-5-2-1-3-6-18/h1-8,11-12,15-16,22,25-26,29,31H,13-14,17H2/t22-,25+,26-/m1/s1. The van der Waals surface area contributed by atoms with Crippen molar-refractivity contribution in [3.05, 3.63) is 101 Å². The maximum Gasteiger partial charge on any atom is 0.254 e. The second-order valence-electron chi connectivity index (χ2n) is 8.26. The van der Waals surface area contributed by atoms with Gasteiger partial charge >= 0.3 is 0 Å². The first-order valence-corrected chi connectivity index (χ1v) is 10.8. The Morgan fingerprint density at radius 2 is 1.84 bits per heavy atom. The molecule has 1 amide bonds. The lowest BCUT2D eigenvalue weighted by atomic mass is 9.82. The summed E-state index contributed by atoms with van der Waals surface area (Å²) in [6.45, 7) is 0.542. The van der Waals surface area contributed by atoms with Crippen LogP contribution in [0.4, 0.5) is 10.1 Å². The summed E-state index contributed by atoms with van der Waals surface area (Å²) in [5.74, 6) is 5.85. The number of halogens is 1. The molecule has 2 heterocycles. The zero-order valence-electron chi connectivity index (χ0n) is 17.5. The number of aliphatic hydroxyl groups excluding tert-OH is 1. The van der Waals surface area contributed by atoms with Crippen LogP contribution in [0.3, 0.4) is 0 Å². The van der Waals surface area contributed by atoms with E-state index in [0.29, 0.717) is 12.1 Å². The average Bonchev–Trinajstić information content (AvgIpc) is 3.28. The number of nitrogens with one attached hydrogen (secondary N) is 1. The van der Waals surface area contributed by atoms with Gasteiger partial charge in [0.1, 0.15) is 5.82 Å². The van der Waals surface area contributed by atoms with Crippen molar-refractivity contribution >= 4 is 11.6 Å². The lowest BCUT2D eigenvalue weighted by molar-refractivity contribution is 0.0700. The van der Waals surface area contributed by atoms with Crippen molar-refractivity contribution in [1.29, 1.82) is 0 Å². The van der Waals surface area contributed by atoms with Crippen molar-refractivity contribution in [3.63, 3.8) is 0 Å². The summed E-state index contributed by atoms with van der Waals surface area (Å²) in [5, 5.41) is 13.4. The van der Waals surface area contributed by atoms with E-state index in [-0.39, 0.29) is 30.5 Å². The number of aliphatic hydroxyl groups is 1. The molecule has 0 saturated carbocycles. The zero-order valence-corrected chi connectivity index (χ0v) is 17.5. The van der Waals surface area contributed by atoms with Crippen LogP contribution in [0.15, 0.2) is 72.8 Å². The van der Waals surface area contributed by atoms with Crippen LogP contribution < -0.4 is 5.32 Å². The molecule has 0 aromatic heterocycles. The van der Waals surface area contributed by atoms with Gasteiger partial charge in [0.25, 0.3) is 5.91 Å². The van der Waals surface area contributed by atoms with Crippen LogP contribution in [0.25, 0.3) is 0 Å². The number of likely N-dealkylation sites (tertiary alicyclic amines) is 1. The van der Waals surface area contributed by atoms with Crippen LogP contribution >= 0.6 is 0 Å². The fraction of sp³-hybridized carbons (Fsp3) is 0.222. The summed E-state index contributed by atoms with van der Waals surface area (Å²) in [6.07, 6.45) is 0.767. The number of rotatable bonds is 2. The Bertz CT molecular complexity index is 1220. The molecule has 0 aliphatic carbocycles. The van der Waals surface area contributed by atoms with E-state index in [4.69, 9.17) is 0 Å². The fourth-order valence-electron chi connectivity index (χ4n) is 4.82. The molecule has 32 heavy (non-hydrogen) atoms. The van der Waals surface area contributed by atoms with Gasteiger partial charge < -0.3 is 15.3 Å². The largest absolute Gasteiger partial charge is 0.394 e. The summed E-state index contributed by atoms with van der Waals surface area (Å²) < 4.78 is 13.8. The summed E-state index contributed by atoms with van der Waals surface area (Å²) in [5.41, 5.74) is 4.02. The third-order valence-corrected chi connectivity index (χ3v) is 6.33. The van der Waals surface area contributed by atoms with Gasteiger partial charge in [0.15, 0.2) is 0 Å². The summed E-state index contributed by atoms with van der Waals surface area (Å²) in [4.78, 5) is 15.1. The molecule has 1 saturated heterocycles. The molecule has 0 bridgehead atoms. The van der Waals surface area contributed by atoms with Crippen molar-refractivity contribution in [2.45, 2.75) is 18.5 Å². The predicted molar refractivity (Wildman–Crippen MR) is 122 cm³/mol. The highest BCUT2D eigenvalue weighted by molar-refractivity contribution is 5.95. The minimum Gasteiger partial charge on any atom is -0.394 e. The molecule has 2 aliphatic rings. The molecule has 3 aromatic carbocycles. The molecular weight excluding hydrogens is 403 g/mol. The number of carbonyl (C=O) groups is 1. The molecule has 5 heteroatoms. The Kier molecular flexibility index (Phi) is 5.38. The van der Waals surface area contributed by atoms with E-state index in [9.17, 15) is 14.3 Å². The quantitative estimate of drug-likeness (QED) is 0.604. The van der Waals surface area contributed by atoms with Gasteiger partial charge in [-0.1, -0.05) is 36.1 Å². The Labute approximate surface area is 186 Å². The van der Waals surface area contributed by atoms with Gasteiger partial charge in [-0.05, 0) is 60.5 Å². The van der Waals surface area contributed by atoms with E-state index >= 15 is 0 Å². The smallest absolute Gasteiger partial charge is 0.254 e. The maximum atomic E-state index is 13.8. The molecule has 160 valence electrons. The predicted octanol–water partition coefficient (Wildman–Crippen LogP) is 4.22. The number of anilines is 1. The molecule has 2 aliphatic heterocycles. The van der Waals surface area contributed by atoms with Crippen LogP contribution in [0.2, 0.25) is 0 Å². The first-order chi connectivity index (χ1) is 15.6. The molecule has 0 unspecified atom stereocenters. The lowest BCUT2D eigenvalue weighted by Gasteiger charge is -2.39. The van der Waals surface area contributed by atoms with Crippen molar-refractivity contribution in [2.75, 3.05) is 18.5 Å². The first kappa shape index (κ1) is 20.3. The van der Waals surface area contributed by atoms with Crippen LogP contribution in [-0.4, -0.2) is 35.1 Å². The number of fused-ring (bicyclic) bond motifs is 3. The van der Waals surface area contributed by atoms with Gasteiger partial charge in [-0.3, -0.25) is 4.79 Å². The molecule has 3 aromatic rings. The van der Waals surface area contributed by atoms with E-state index in [1.54, 1.807) is 12.1 Å². The molecule has 0 radical (unpaired) electrons. The average molecular weight is 426 g/mol. The highest BCUT2D eigenvalue weighted by Gasteiger charge is 2.45. The highest BCUT2D eigenvalue weighted by Crippen LogP contribution is 2.47. The van der Waals surface area contributed by atoms with Gasteiger partial charge in [0, 0.05) is 34.8 Å². The normalized spacial score (nSPS) is 21.1. The number of benzene rings is 3. The van der Waals surface area contributed by atoms with E-state index in [0.717, 1.165) is 28.8 Å². The molecule has 0 spiro atoms. The molecule has 5 rings (SSSR count). The summed E-state index contributed by atoms with van der Waals surface area (Å²) in [7, 11) is 0. The van der Waals surface area contributed by atoms with Crippen molar-refractivity contribution in [1.82, 2.24) is 4.90 Å². The van der Waals surface area contributed by atoms with E-state index < -0.39 is 5.82 Å². The third-order valence-electron chi connectivity index (χ3n) is 6.33. The van der Waals surface area contributed by atoms with Crippen LogP contribution in [0.1, 0.15) is 39.5 Å². The van der Waals surface area contributed by atoms with Crippen molar-refractivity contribution in [2.24, 2.45) is 5.92 Å². The van der Waals surface area contributed by atoms with Gasteiger partial charge in [0.2, 0.25) is 0 Å². The van der Waals surface area contributed by atoms with E-state index in [1.165, 1.54) is 12.1 Å². The number of hydrogen-bond donors (Lipinski definition) is 2. The first-order valence-electron chi connectivity index (χ1n) is 10.8. The van der Waals surface area contributed by atoms with Gasteiger partial charge in [0.05, 0.1) is 18.7 Å². The number of nitrogens with zero attached hydrogens (tertiary/aromatic N) is 1. The van der Waals surface area contributed by atoms with Gasteiger partial charge in [-0.15, -0.1) is 0 Å². The van der Waals surface area contributed by atoms with Gasteiger partial charge in [-0.25, -0.2) is 4.39 Å². The second kappa shape index (κ2) is 8.49. The minimum absolute atomic E-state index is 0.0157. The van der Waals surface area contributed by atoms with Crippen molar-refractivity contribution in [3.8, 4) is 11.8 Å². The molecule has 1 fully saturated rings. The number of amides is 1. The minimum atomic E-state index is -0.427. The Hall–Kier alpha value is -3.62. The lowest BCUT2D eigenvalue weighted by Crippen LogP contribution is -2.42. The van der Waals surface area contributed by atoms with E-state index in [1.807, 2.05) is 53.4 Å². The Morgan fingerprint density at radius 1 is 1.03 bits per heavy atom. The van der Waals surface area contributed by atoms with Crippen LogP contribution in [-0.2, 0) is 0 Å². The number of hydrogen-bond acceptors (Lipinski definition) is 3. The summed E-state index contributed by atoms with van der Waals surface area (Å²) >= 11 is 0. The SMILES string of the molecule is O=C(c1cccc(F)c1)N1CC[C@@H]2[C@H](CO)Nc3ccc(C#Cc4ccccc4)cc3[C@@H]21. The summed E-state index contributed by atoms with van der Waals surface area (Å²) in [6, 6.07) is 21.2. The second-order valence-corrected chi connectivity index (χ2v) is 8.26. The number of carbonyl (C=O) groups excluding carboxylic acids is 1. The maximum absolute atomic E-state index is 13.8. The fourth-order valence-corrected chi connectivity index (χ4v) is 4.82. The zero-order chi connectivity index (χ0) is 22.1. The molecule has 2 N–H and O–H groups in total. The van der Waals surface area contributed by atoms with Gasteiger partial charge in [-0.2, -0.15) is 0 Å². The Balaban J connectivity index is 1.52. The monoisotopic (exact) mass is 426 g/mol. The third kappa shape index (κ3) is 3.74. The molecule has 3 atom stereocenters. The highest BCUT2D eigenvalue weighted by atomic mass is 19.1. The topological polar surface area (TPSA) is 52.6 Å². The molecular formula is C27H23FN2O2. The van der Waals surface area contributed by atoms with Crippen LogP contribution in [0, 0.1) is 23.6 Å². The Morgan fingerprint density at radius 3 is 2.62 bits per heavy atom. The van der Waals surface area contributed by atoms with E-state index in [2.05, 4.69) is 17.2 Å².